The number of nitrogens with two attached hydrogens (primary N) is 1. The van der Waals surface area contributed by atoms with Crippen LogP contribution in [0, 0.1) is 13.8 Å². The first-order valence-electron chi connectivity index (χ1n) is 6.50. The molecular formula is C16H17N3O. The molecule has 0 unspecified atom stereocenters. The van der Waals surface area contributed by atoms with Gasteiger partial charge >= 0.3 is 0 Å². The minimum Gasteiger partial charge on any atom is -0.497 e. The maximum Gasteiger partial charge on any atom is 0.205 e. The third-order valence-corrected chi connectivity index (χ3v) is 3.48. The summed E-state index contributed by atoms with van der Waals surface area (Å²) >= 11 is 0. The van der Waals surface area contributed by atoms with Crippen LogP contribution in [0.3, 0.4) is 0 Å². The SMILES string of the molecule is COc1ccc(-n2c(N)nc3cc(C)ccc32)c(C)c1. The highest BCUT2D eigenvalue weighted by Crippen LogP contribution is 2.27. The highest BCUT2D eigenvalue weighted by Gasteiger charge is 2.12. The Kier molecular flexibility index (Phi) is 2.86. The number of fused-ring (bicyclic) bond motifs is 1. The van der Waals surface area contributed by atoms with Crippen molar-refractivity contribution in [3.63, 3.8) is 0 Å². The molecular weight excluding hydrogens is 250 g/mol. The molecule has 1 heterocycles. The molecule has 3 rings (SSSR count). The summed E-state index contributed by atoms with van der Waals surface area (Å²) in [7, 11) is 1.66. The van der Waals surface area contributed by atoms with Crippen molar-refractivity contribution in [1.29, 1.82) is 0 Å². The Morgan fingerprint density at radius 1 is 1.10 bits per heavy atom. The van der Waals surface area contributed by atoms with Gasteiger partial charge in [0.05, 0.1) is 23.8 Å². The second kappa shape index (κ2) is 4.56. The van der Waals surface area contributed by atoms with Crippen molar-refractivity contribution in [2.45, 2.75) is 13.8 Å². The Bertz CT molecular complexity index is 790. The van der Waals surface area contributed by atoms with Crippen LogP contribution in [0.25, 0.3) is 16.7 Å². The average molecular weight is 267 g/mol. The number of rotatable bonds is 2. The van der Waals surface area contributed by atoms with Gasteiger partial charge in [0.15, 0.2) is 0 Å². The van der Waals surface area contributed by atoms with Crippen LogP contribution in [0.4, 0.5) is 5.95 Å². The molecule has 0 amide bonds. The number of aryl methyl sites for hydroxylation is 2. The zero-order valence-corrected chi connectivity index (χ0v) is 11.8. The molecule has 2 aromatic carbocycles. The Hall–Kier alpha value is -2.49. The lowest BCUT2D eigenvalue weighted by molar-refractivity contribution is 0.414. The summed E-state index contributed by atoms with van der Waals surface area (Å²) < 4.78 is 7.22. The molecule has 20 heavy (non-hydrogen) atoms. The zero-order valence-electron chi connectivity index (χ0n) is 11.8. The summed E-state index contributed by atoms with van der Waals surface area (Å²) in [4.78, 5) is 4.44. The number of aromatic nitrogens is 2. The van der Waals surface area contributed by atoms with Crippen molar-refractivity contribution in [2.24, 2.45) is 0 Å². The number of benzene rings is 2. The molecule has 4 heteroatoms. The number of hydrogen-bond donors (Lipinski definition) is 1. The maximum atomic E-state index is 6.10. The summed E-state index contributed by atoms with van der Waals surface area (Å²) in [5.41, 5.74) is 11.3. The molecule has 0 spiro atoms. The standard InChI is InChI=1S/C16H17N3O/c1-10-4-6-15-13(8-10)18-16(17)19(15)14-7-5-12(20-3)9-11(14)2/h4-9H,1-3H3,(H2,17,18). The summed E-state index contributed by atoms with van der Waals surface area (Å²) in [5.74, 6) is 1.34. The van der Waals surface area contributed by atoms with Gasteiger partial charge in [-0.15, -0.1) is 0 Å². The average Bonchev–Trinajstić information content (AvgIpc) is 2.73. The van der Waals surface area contributed by atoms with E-state index in [0.717, 1.165) is 28.0 Å². The van der Waals surface area contributed by atoms with Crippen molar-refractivity contribution < 1.29 is 4.74 Å². The third-order valence-electron chi connectivity index (χ3n) is 3.48. The van der Waals surface area contributed by atoms with E-state index in [1.165, 1.54) is 5.56 Å². The topological polar surface area (TPSA) is 53.1 Å². The second-order valence-electron chi connectivity index (χ2n) is 4.95. The van der Waals surface area contributed by atoms with E-state index < -0.39 is 0 Å². The first-order valence-corrected chi connectivity index (χ1v) is 6.50. The molecule has 0 bridgehead atoms. The molecule has 1 aromatic heterocycles. The zero-order chi connectivity index (χ0) is 14.3. The molecule has 3 aromatic rings. The molecule has 102 valence electrons. The highest BCUT2D eigenvalue weighted by molar-refractivity contribution is 5.81. The molecule has 0 atom stereocenters. The van der Waals surface area contributed by atoms with E-state index in [1.807, 2.05) is 42.7 Å². The van der Waals surface area contributed by atoms with Crippen molar-refractivity contribution in [3.8, 4) is 11.4 Å². The molecule has 0 fully saturated rings. The number of nitrogen functional groups attached to an aromatic ring is 1. The predicted octanol–water partition coefficient (Wildman–Crippen LogP) is 3.23. The second-order valence-corrected chi connectivity index (χ2v) is 4.95. The van der Waals surface area contributed by atoms with Crippen molar-refractivity contribution in [3.05, 3.63) is 47.5 Å². The van der Waals surface area contributed by atoms with E-state index >= 15 is 0 Å². The Labute approximate surface area is 117 Å². The lowest BCUT2D eigenvalue weighted by atomic mass is 10.1. The normalized spacial score (nSPS) is 10.9. The lowest BCUT2D eigenvalue weighted by Gasteiger charge is -2.11. The van der Waals surface area contributed by atoms with Crippen molar-refractivity contribution >= 4 is 17.0 Å². The van der Waals surface area contributed by atoms with E-state index in [1.54, 1.807) is 7.11 Å². The smallest absolute Gasteiger partial charge is 0.205 e. The van der Waals surface area contributed by atoms with Crippen molar-refractivity contribution in [2.75, 3.05) is 12.8 Å². The van der Waals surface area contributed by atoms with Gasteiger partial charge in [0.2, 0.25) is 5.95 Å². The van der Waals surface area contributed by atoms with Crippen LogP contribution in [0.2, 0.25) is 0 Å². The van der Waals surface area contributed by atoms with Gasteiger partial charge in [0.1, 0.15) is 5.75 Å². The van der Waals surface area contributed by atoms with Crippen LogP contribution in [0.15, 0.2) is 36.4 Å². The fourth-order valence-corrected chi connectivity index (χ4v) is 2.47. The highest BCUT2D eigenvalue weighted by atomic mass is 16.5. The first-order chi connectivity index (χ1) is 9.60. The van der Waals surface area contributed by atoms with E-state index in [4.69, 9.17) is 10.5 Å². The minimum absolute atomic E-state index is 0.499. The fourth-order valence-electron chi connectivity index (χ4n) is 2.47. The molecule has 0 aliphatic carbocycles. The van der Waals surface area contributed by atoms with E-state index in [-0.39, 0.29) is 0 Å². The maximum absolute atomic E-state index is 6.10. The lowest BCUT2D eigenvalue weighted by Crippen LogP contribution is -2.02. The molecule has 0 aliphatic heterocycles. The van der Waals surface area contributed by atoms with Gasteiger partial charge in [0.25, 0.3) is 0 Å². The molecule has 2 N–H and O–H groups in total. The summed E-state index contributed by atoms with van der Waals surface area (Å²) in [6.45, 7) is 4.09. The Balaban J connectivity index is 2.26. The largest absolute Gasteiger partial charge is 0.497 e. The molecule has 0 radical (unpaired) electrons. The van der Waals surface area contributed by atoms with Crippen LogP contribution >= 0.6 is 0 Å². The monoisotopic (exact) mass is 267 g/mol. The summed E-state index contributed by atoms with van der Waals surface area (Å²) in [6.07, 6.45) is 0. The van der Waals surface area contributed by atoms with Gasteiger partial charge in [-0.05, 0) is 55.3 Å². The van der Waals surface area contributed by atoms with Crippen molar-refractivity contribution in [1.82, 2.24) is 9.55 Å². The Morgan fingerprint density at radius 3 is 2.60 bits per heavy atom. The molecule has 0 saturated carbocycles. The predicted molar refractivity (Wildman–Crippen MR) is 81.5 cm³/mol. The van der Waals surface area contributed by atoms with Gasteiger partial charge in [-0.1, -0.05) is 6.07 Å². The van der Waals surface area contributed by atoms with Gasteiger partial charge < -0.3 is 10.5 Å². The summed E-state index contributed by atoms with van der Waals surface area (Å²) in [5, 5.41) is 0. The van der Waals surface area contributed by atoms with Crippen LogP contribution in [0.1, 0.15) is 11.1 Å². The number of hydrogen-bond acceptors (Lipinski definition) is 3. The first kappa shape index (κ1) is 12.5. The summed E-state index contributed by atoms with van der Waals surface area (Å²) in [6, 6.07) is 12.1. The van der Waals surface area contributed by atoms with Gasteiger partial charge in [0, 0.05) is 0 Å². The quantitative estimate of drug-likeness (QED) is 0.775. The minimum atomic E-state index is 0.499. The number of nitrogens with zero attached hydrogens (tertiary/aromatic N) is 2. The molecule has 4 nitrogen and oxygen atoms in total. The number of methoxy groups -OCH3 is 1. The Morgan fingerprint density at radius 2 is 1.90 bits per heavy atom. The fraction of sp³-hybridized carbons (Fsp3) is 0.188. The van der Waals surface area contributed by atoms with E-state index in [0.29, 0.717) is 5.95 Å². The van der Waals surface area contributed by atoms with Crippen LogP contribution in [0.5, 0.6) is 5.75 Å². The van der Waals surface area contributed by atoms with Gasteiger partial charge in [-0.25, -0.2) is 4.98 Å². The van der Waals surface area contributed by atoms with Crippen LogP contribution in [-0.4, -0.2) is 16.7 Å². The molecule has 0 aliphatic rings. The third kappa shape index (κ3) is 1.90. The molecule has 0 saturated heterocycles. The van der Waals surface area contributed by atoms with Crippen LogP contribution < -0.4 is 10.5 Å². The van der Waals surface area contributed by atoms with Crippen LogP contribution in [-0.2, 0) is 0 Å². The van der Waals surface area contributed by atoms with E-state index in [2.05, 4.69) is 17.1 Å². The van der Waals surface area contributed by atoms with Gasteiger partial charge in [-0.3, -0.25) is 4.57 Å². The number of ether oxygens (including phenoxy) is 1. The van der Waals surface area contributed by atoms with E-state index in [9.17, 15) is 0 Å². The van der Waals surface area contributed by atoms with Gasteiger partial charge in [-0.2, -0.15) is 0 Å². The number of anilines is 1. The number of imidazole rings is 1.